The van der Waals surface area contributed by atoms with Gasteiger partial charge in [0.1, 0.15) is 6.33 Å². The highest BCUT2D eigenvalue weighted by Crippen LogP contribution is 2.10. The summed E-state index contributed by atoms with van der Waals surface area (Å²) in [6.07, 6.45) is 1.45. The fraction of sp³-hybridized carbons (Fsp3) is 0.308. The first-order valence-corrected chi connectivity index (χ1v) is 5.99. The maximum absolute atomic E-state index is 11.8. The molecule has 0 amide bonds. The van der Waals surface area contributed by atoms with Crippen molar-refractivity contribution in [1.82, 2.24) is 14.8 Å². The fourth-order valence-electron chi connectivity index (χ4n) is 1.64. The summed E-state index contributed by atoms with van der Waals surface area (Å²) in [5.41, 5.74) is 6.63. The van der Waals surface area contributed by atoms with Gasteiger partial charge in [0.2, 0.25) is 0 Å². The average Bonchev–Trinajstić information content (AvgIpc) is 2.85. The second-order valence-corrected chi connectivity index (χ2v) is 4.41. The van der Waals surface area contributed by atoms with Crippen molar-refractivity contribution in [1.29, 1.82) is 0 Å². The first kappa shape index (κ1) is 13.1. The Hall–Kier alpha value is -2.37. The Bertz CT molecular complexity index is 560. The highest BCUT2D eigenvalue weighted by molar-refractivity contribution is 5.89. The summed E-state index contributed by atoms with van der Waals surface area (Å²) in [4.78, 5) is 15.9. The third kappa shape index (κ3) is 3.09. The van der Waals surface area contributed by atoms with Crippen molar-refractivity contribution in [3.63, 3.8) is 0 Å². The van der Waals surface area contributed by atoms with Crippen molar-refractivity contribution in [3.05, 3.63) is 42.0 Å². The Labute approximate surface area is 111 Å². The van der Waals surface area contributed by atoms with Gasteiger partial charge >= 0.3 is 5.97 Å². The number of nitrogens with zero attached hydrogens (tertiary/aromatic N) is 3. The van der Waals surface area contributed by atoms with Crippen LogP contribution in [0, 0.1) is 0 Å². The van der Waals surface area contributed by atoms with Gasteiger partial charge in [0.15, 0.2) is 12.4 Å². The molecule has 6 nitrogen and oxygen atoms in total. The minimum atomic E-state index is -0.404. The molecule has 2 N–H and O–H groups in total. The molecule has 1 heterocycles. The van der Waals surface area contributed by atoms with Gasteiger partial charge in [0.25, 0.3) is 0 Å². The largest absolute Gasteiger partial charge is 0.454 e. The van der Waals surface area contributed by atoms with Crippen molar-refractivity contribution in [2.24, 2.45) is 0 Å². The molecule has 1 aromatic heterocycles. The van der Waals surface area contributed by atoms with E-state index >= 15 is 0 Å². The van der Waals surface area contributed by atoms with E-state index in [9.17, 15) is 4.79 Å². The topological polar surface area (TPSA) is 83.0 Å². The zero-order valence-electron chi connectivity index (χ0n) is 10.9. The van der Waals surface area contributed by atoms with E-state index in [2.05, 4.69) is 10.1 Å². The van der Waals surface area contributed by atoms with Crippen LogP contribution in [-0.4, -0.2) is 20.7 Å². The summed E-state index contributed by atoms with van der Waals surface area (Å²) in [5.74, 6) is 0.220. The first-order chi connectivity index (χ1) is 9.08. The Balaban J connectivity index is 2.00. The molecule has 0 bridgehead atoms. The highest BCUT2D eigenvalue weighted by Gasteiger charge is 2.11. The summed E-state index contributed by atoms with van der Waals surface area (Å²) in [7, 11) is 0. The molecule has 0 unspecified atom stereocenters. The molecule has 0 spiro atoms. The Morgan fingerprint density at radius 3 is 2.68 bits per heavy atom. The highest BCUT2D eigenvalue weighted by atomic mass is 16.5. The van der Waals surface area contributed by atoms with Crippen LogP contribution in [0.15, 0.2) is 30.6 Å². The Kier molecular flexibility index (Phi) is 3.79. The number of esters is 1. The van der Waals surface area contributed by atoms with Crippen molar-refractivity contribution in [3.8, 4) is 0 Å². The molecule has 0 saturated heterocycles. The number of rotatable bonds is 4. The summed E-state index contributed by atoms with van der Waals surface area (Å²) in [5, 5.41) is 4.08. The molecule has 0 fully saturated rings. The molecular formula is C13H16N4O2. The first-order valence-electron chi connectivity index (χ1n) is 5.99. The molecule has 0 radical (unpaired) electrons. The van der Waals surface area contributed by atoms with E-state index in [0.29, 0.717) is 17.1 Å². The second kappa shape index (κ2) is 5.51. The van der Waals surface area contributed by atoms with Gasteiger partial charge in [0.05, 0.1) is 5.56 Å². The molecule has 0 atom stereocenters. The van der Waals surface area contributed by atoms with Gasteiger partial charge in [0, 0.05) is 11.7 Å². The van der Waals surface area contributed by atoms with E-state index in [4.69, 9.17) is 10.5 Å². The number of aromatic nitrogens is 3. The van der Waals surface area contributed by atoms with E-state index in [1.54, 1.807) is 28.9 Å². The third-order valence-electron chi connectivity index (χ3n) is 2.62. The number of benzene rings is 1. The van der Waals surface area contributed by atoms with Crippen molar-refractivity contribution in [2.45, 2.75) is 26.5 Å². The minimum Gasteiger partial charge on any atom is -0.454 e. The molecule has 1 aromatic carbocycles. The predicted molar refractivity (Wildman–Crippen MR) is 70.4 cm³/mol. The maximum Gasteiger partial charge on any atom is 0.338 e. The Morgan fingerprint density at radius 2 is 2.05 bits per heavy atom. The predicted octanol–water partition coefficient (Wildman–Crippen LogP) is 1.80. The van der Waals surface area contributed by atoms with Gasteiger partial charge in [-0.1, -0.05) is 0 Å². The molecule has 6 heteroatoms. The van der Waals surface area contributed by atoms with Crippen LogP contribution in [-0.2, 0) is 11.3 Å². The van der Waals surface area contributed by atoms with Gasteiger partial charge in [-0.3, -0.25) is 0 Å². The zero-order valence-corrected chi connectivity index (χ0v) is 10.9. The summed E-state index contributed by atoms with van der Waals surface area (Å²) < 4.78 is 6.92. The van der Waals surface area contributed by atoms with Crippen LogP contribution in [0.5, 0.6) is 0 Å². The van der Waals surface area contributed by atoms with Crippen LogP contribution in [0.4, 0.5) is 5.69 Å². The molecule has 0 saturated carbocycles. The summed E-state index contributed by atoms with van der Waals surface area (Å²) >= 11 is 0. The quantitative estimate of drug-likeness (QED) is 0.669. The number of carbonyl (C=O) groups is 1. The maximum atomic E-state index is 11.8. The number of carbonyl (C=O) groups excluding carboxylic acids is 1. The molecule has 2 rings (SSSR count). The van der Waals surface area contributed by atoms with Crippen LogP contribution in [0.1, 0.15) is 36.1 Å². The van der Waals surface area contributed by atoms with Crippen LogP contribution < -0.4 is 5.73 Å². The van der Waals surface area contributed by atoms with Gasteiger partial charge in [-0.2, -0.15) is 5.10 Å². The van der Waals surface area contributed by atoms with Gasteiger partial charge in [-0.25, -0.2) is 14.5 Å². The minimum absolute atomic E-state index is 0.0986. The lowest BCUT2D eigenvalue weighted by molar-refractivity contribution is 0.0455. The number of ether oxygens (including phenoxy) is 1. The van der Waals surface area contributed by atoms with Crippen LogP contribution in [0.25, 0.3) is 0 Å². The number of nitrogens with two attached hydrogens (primary N) is 1. The summed E-state index contributed by atoms with van der Waals surface area (Å²) in [6.45, 7) is 4.07. The molecule has 0 aliphatic rings. The third-order valence-corrected chi connectivity index (χ3v) is 2.62. The standard InChI is InChI=1S/C13H16N4O2/c1-9(2)17-12(15-8-16-17)7-19-13(18)10-3-5-11(14)6-4-10/h3-6,8-9H,7,14H2,1-2H3. The number of nitrogen functional groups attached to an aromatic ring is 1. The molecule has 0 aliphatic carbocycles. The van der Waals surface area contributed by atoms with Crippen molar-refractivity contribution in [2.75, 3.05) is 5.73 Å². The smallest absolute Gasteiger partial charge is 0.338 e. The average molecular weight is 260 g/mol. The normalized spacial score (nSPS) is 10.7. The van der Waals surface area contributed by atoms with Gasteiger partial charge in [-0.15, -0.1) is 0 Å². The van der Waals surface area contributed by atoms with Crippen LogP contribution in [0.2, 0.25) is 0 Å². The lowest BCUT2D eigenvalue weighted by Gasteiger charge is -2.09. The Morgan fingerprint density at radius 1 is 1.37 bits per heavy atom. The van der Waals surface area contributed by atoms with Crippen molar-refractivity contribution < 1.29 is 9.53 Å². The SMILES string of the molecule is CC(C)n1ncnc1COC(=O)c1ccc(N)cc1. The van der Waals surface area contributed by atoms with E-state index < -0.39 is 5.97 Å². The lowest BCUT2D eigenvalue weighted by Crippen LogP contribution is -2.12. The van der Waals surface area contributed by atoms with E-state index in [1.807, 2.05) is 13.8 Å². The fourth-order valence-corrected chi connectivity index (χ4v) is 1.64. The summed E-state index contributed by atoms with van der Waals surface area (Å²) in [6, 6.07) is 6.75. The van der Waals surface area contributed by atoms with Crippen LogP contribution >= 0.6 is 0 Å². The lowest BCUT2D eigenvalue weighted by atomic mass is 10.2. The van der Waals surface area contributed by atoms with E-state index in [-0.39, 0.29) is 12.6 Å². The number of anilines is 1. The van der Waals surface area contributed by atoms with E-state index in [0.717, 1.165) is 0 Å². The molecular weight excluding hydrogens is 244 g/mol. The molecule has 19 heavy (non-hydrogen) atoms. The van der Waals surface area contributed by atoms with Crippen LogP contribution in [0.3, 0.4) is 0 Å². The molecule has 2 aromatic rings. The molecule has 100 valence electrons. The number of hydrogen-bond donors (Lipinski definition) is 1. The second-order valence-electron chi connectivity index (χ2n) is 4.41. The monoisotopic (exact) mass is 260 g/mol. The zero-order chi connectivity index (χ0) is 13.8. The molecule has 0 aliphatic heterocycles. The van der Waals surface area contributed by atoms with Gasteiger partial charge < -0.3 is 10.5 Å². The van der Waals surface area contributed by atoms with Crippen molar-refractivity contribution >= 4 is 11.7 Å². The van der Waals surface area contributed by atoms with E-state index in [1.165, 1.54) is 6.33 Å². The van der Waals surface area contributed by atoms with Gasteiger partial charge in [-0.05, 0) is 38.1 Å². The number of hydrogen-bond acceptors (Lipinski definition) is 5.